The van der Waals surface area contributed by atoms with Gasteiger partial charge in [-0.3, -0.25) is 4.99 Å². The molecular weight excluding hydrogens is 306 g/mol. The van der Waals surface area contributed by atoms with Crippen molar-refractivity contribution < 1.29 is 0 Å². The van der Waals surface area contributed by atoms with Crippen LogP contribution in [0.5, 0.6) is 0 Å². The average molecular weight is 319 g/mol. The first-order valence-electron chi connectivity index (χ1n) is 7.09. The Morgan fingerprint density at radius 1 is 1.09 bits per heavy atom. The number of hydrogen-bond acceptors (Lipinski definition) is 5. The molecule has 0 saturated heterocycles. The molecule has 0 aliphatic rings. The van der Waals surface area contributed by atoms with E-state index in [1.54, 1.807) is 0 Å². The SMILES string of the molecule is Nc1nnc(-c2cccc(N=Cc3c[nH]c4ccccc34)c2)s1. The molecule has 0 atom stereocenters. The lowest BCUT2D eigenvalue weighted by molar-refractivity contribution is 1.10. The minimum absolute atomic E-state index is 0.465. The number of anilines is 1. The average Bonchev–Trinajstić information content (AvgIpc) is 3.20. The minimum atomic E-state index is 0.465. The zero-order valence-electron chi connectivity index (χ0n) is 12.1. The van der Waals surface area contributed by atoms with E-state index in [2.05, 4.69) is 26.2 Å². The zero-order chi connectivity index (χ0) is 15.6. The second kappa shape index (κ2) is 5.66. The van der Waals surface area contributed by atoms with Gasteiger partial charge in [0.15, 0.2) is 0 Å². The molecule has 6 heteroatoms. The van der Waals surface area contributed by atoms with Crippen molar-refractivity contribution in [1.82, 2.24) is 15.2 Å². The van der Waals surface area contributed by atoms with Crippen molar-refractivity contribution in [2.75, 3.05) is 5.73 Å². The molecule has 0 radical (unpaired) electrons. The van der Waals surface area contributed by atoms with Crippen molar-refractivity contribution in [3.8, 4) is 10.6 Å². The van der Waals surface area contributed by atoms with Crippen molar-refractivity contribution in [3.63, 3.8) is 0 Å². The molecule has 3 N–H and O–H groups in total. The van der Waals surface area contributed by atoms with E-state index in [1.807, 2.05) is 54.9 Å². The highest BCUT2D eigenvalue weighted by Crippen LogP contribution is 2.27. The summed E-state index contributed by atoms with van der Waals surface area (Å²) in [7, 11) is 0. The smallest absolute Gasteiger partial charge is 0.203 e. The highest BCUT2D eigenvalue weighted by atomic mass is 32.1. The minimum Gasteiger partial charge on any atom is -0.374 e. The number of nitrogens with one attached hydrogen (secondary N) is 1. The Balaban J connectivity index is 1.66. The summed E-state index contributed by atoms with van der Waals surface area (Å²) in [4.78, 5) is 7.81. The summed E-state index contributed by atoms with van der Waals surface area (Å²) in [6, 6.07) is 16.0. The van der Waals surface area contributed by atoms with Crippen molar-refractivity contribution in [2.45, 2.75) is 0 Å². The molecule has 0 aliphatic heterocycles. The number of aromatic nitrogens is 3. The van der Waals surface area contributed by atoms with Crippen LogP contribution in [0.1, 0.15) is 5.56 Å². The summed E-state index contributed by atoms with van der Waals surface area (Å²) in [5, 5.41) is 10.3. The molecule has 0 bridgehead atoms. The number of nitrogens with two attached hydrogens (primary N) is 1. The summed E-state index contributed by atoms with van der Waals surface area (Å²) in [6.45, 7) is 0. The van der Waals surface area contributed by atoms with E-state index >= 15 is 0 Å². The molecule has 4 rings (SSSR count). The van der Waals surface area contributed by atoms with Crippen LogP contribution < -0.4 is 5.73 Å². The number of nitrogens with zero attached hydrogens (tertiary/aromatic N) is 3. The maximum Gasteiger partial charge on any atom is 0.203 e. The van der Waals surface area contributed by atoms with E-state index in [4.69, 9.17) is 5.73 Å². The van der Waals surface area contributed by atoms with Gasteiger partial charge < -0.3 is 10.7 Å². The number of fused-ring (bicyclic) bond motifs is 1. The molecule has 0 unspecified atom stereocenters. The lowest BCUT2D eigenvalue weighted by Crippen LogP contribution is -1.80. The third-order valence-electron chi connectivity index (χ3n) is 3.51. The van der Waals surface area contributed by atoms with Gasteiger partial charge in [-0.15, -0.1) is 10.2 Å². The Labute approximate surface area is 136 Å². The fourth-order valence-electron chi connectivity index (χ4n) is 2.42. The number of H-pyrrole nitrogens is 1. The maximum absolute atomic E-state index is 5.64. The number of benzene rings is 2. The molecule has 0 spiro atoms. The molecule has 5 nitrogen and oxygen atoms in total. The van der Waals surface area contributed by atoms with Gasteiger partial charge >= 0.3 is 0 Å². The second-order valence-corrected chi connectivity index (χ2v) is 6.05. The highest BCUT2D eigenvalue weighted by Gasteiger charge is 2.05. The van der Waals surface area contributed by atoms with Crippen LogP contribution in [-0.4, -0.2) is 21.4 Å². The van der Waals surface area contributed by atoms with Crippen LogP contribution in [-0.2, 0) is 0 Å². The largest absolute Gasteiger partial charge is 0.374 e. The van der Waals surface area contributed by atoms with Crippen LogP contribution in [0.3, 0.4) is 0 Å². The van der Waals surface area contributed by atoms with Gasteiger partial charge in [0.25, 0.3) is 0 Å². The molecule has 0 fully saturated rings. The molecule has 2 heterocycles. The number of hydrogen-bond donors (Lipinski definition) is 2. The first kappa shape index (κ1) is 13.7. The number of para-hydroxylation sites is 1. The lowest BCUT2D eigenvalue weighted by atomic mass is 10.2. The molecule has 2 aromatic carbocycles. The van der Waals surface area contributed by atoms with Crippen molar-refractivity contribution in [2.24, 2.45) is 4.99 Å². The predicted molar refractivity (Wildman–Crippen MR) is 95.3 cm³/mol. The molecular formula is C17H13N5S. The van der Waals surface area contributed by atoms with Gasteiger partial charge in [0.05, 0.1) is 5.69 Å². The number of nitrogen functional groups attached to an aromatic ring is 1. The fraction of sp³-hybridized carbons (Fsp3) is 0. The van der Waals surface area contributed by atoms with Crippen molar-refractivity contribution >= 4 is 39.3 Å². The summed E-state index contributed by atoms with van der Waals surface area (Å²) in [5.41, 5.74) is 9.63. The van der Waals surface area contributed by atoms with Gasteiger partial charge in [-0.25, -0.2) is 0 Å². The zero-order valence-corrected chi connectivity index (χ0v) is 12.9. The highest BCUT2D eigenvalue weighted by molar-refractivity contribution is 7.18. The number of aliphatic imine (C=N–C) groups is 1. The van der Waals surface area contributed by atoms with Gasteiger partial charge in [-0.2, -0.15) is 0 Å². The standard InChI is InChI=1S/C17H13N5S/c18-17-22-21-16(23-17)11-4-3-5-13(8-11)19-9-12-10-20-15-7-2-1-6-14(12)15/h1-10,20H,(H2,18,22). The predicted octanol–water partition coefficient (Wildman–Crippen LogP) is 4.02. The third kappa shape index (κ3) is 2.72. The Morgan fingerprint density at radius 3 is 2.87 bits per heavy atom. The molecule has 4 aromatic rings. The molecule has 23 heavy (non-hydrogen) atoms. The Hall–Kier alpha value is -2.99. The Kier molecular flexibility index (Phi) is 3.36. The number of aromatic amines is 1. The third-order valence-corrected chi connectivity index (χ3v) is 4.31. The number of rotatable bonds is 3. The summed E-state index contributed by atoms with van der Waals surface area (Å²) in [6.07, 6.45) is 3.83. The van der Waals surface area contributed by atoms with Gasteiger partial charge in [0.2, 0.25) is 5.13 Å². The Morgan fingerprint density at radius 2 is 2.00 bits per heavy atom. The summed E-state index contributed by atoms with van der Waals surface area (Å²) >= 11 is 1.37. The Bertz CT molecular complexity index is 999. The van der Waals surface area contributed by atoms with E-state index < -0.39 is 0 Å². The molecule has 2 aromatic heterocycles. The first-order valence-corrected chi connectivity index (χ1v) is 7.91. The molecule has 112 valence electrons. The topological polar surface area (TPSA) is 79.9 Å². The summed E-state index contributed by atoms with van der Waals surface area (Å²) < 4.78 is 0. The first-order chi connectivity index (χ1) is 11.3. The van der Waals surface area contributed by atoms with E-state index in [0.717, 1.165) is 32.7 Å². The van der Waals surface area contributed by atoms with Gasteiger partial charge in [0, 0.05) is 34.4 Å². The summed E-state index contributed by atoms with van der Waals surface area (Å²) in [5.74, 6) is 0. The van der Waals surface area contributed by atoms with Crippen LogP contribution >= 0.6 is 11.3 Å². The van der Waals surface area contributed by atoms with Crippen molar-refractivity contribution in [3.05, 3.63) is 60.3 Å². The van der Waals surface area contributed by atoms with Gasteiger partial charge in [-0.1, -0.05) is 41.7 Å². The normalized spacial score (nSPS) is 11.5. The van der Waals surface area contributed by atoms with Crippen LogP contribution in [0.15, 0.2) is 59.7 Å². The second-order valence-electron chi connectivity index (χ2n) is 5.04. The lowest BCUT2D eigenvalue weighted by Gasteiger charge is -1.97. The van der Waals surface area contributed by atoms with E-state index in [-0.39, 0.29) is 0 Å². The molecule has 0 saturated carbocycles. The van der Waals surface area contributed by atoms with Crippen LogP contribution in [0.2, 0.25) is 0 Å². The van der Waals surface area contributed by atoms with E-state index in [1.165, 1.54) is 11.3 Å². The van der Waals surface area contributed by atoms with Gasteiger partial charge in [-0.05, 0) is 18.2 Å². The van der Waals surface area contributed by atoms with E-state index in [9.17, 15) is 0 Å². The van der Waals surface area contributed by atoms with Crippen molar-refractivity contribution in [1.29, 1.82) is 0 Å². The van der Waals surface area contributed by atoms with Crippen LogP contribution in [0.4, 0.5) is 10.8 Å². The monoisotopic (exact) mass is 319 g/mol. The van der Waals surface area contributed by atoms with E-state index in [0.29, 0.717) is 5.13 Å². The molecule has 0 aliphatic carbocycles. The quantitative estimate of drug-likeness (QED) is 0.560. The van der Waals surface area contributed by atoms with Crippen LogP contribution in [0, 0.1) is 0 Å². The maximum atomic E-state index is 5.64. The fourth-order valence-corrected chi connectivity index (χ4v) is 3.02. The van der Waals surface area contributed by atoms with Gasteiger partial charge in [0.1, 0.15) is 5.01 Å². The molecule has 0 amide bonds. The van der Waals surface area contributed by atoms with Crippen LogP contribution in [0.25, 0.3) is 21.5 Å².